The molecule has 20 heavy (non-hydrogen) atoms. The van der Waals surface area contributed by atoms with Crippen molar-refractivity contribution in [2.45, 2.75) is 25.5 Å². The Morgan fingerprint density at radius 2 is 2.25 bits per heavy atom. The molecule has 2 unspecified atom stereocenters. The Balaban J connectivity index is 1.85. The number of hydrogen-bond donors (Lipinski definition) is 1. The summed E-state index contributed by atoms with van der Waals surface area (Å²) in [6.07, 6.45) is 1.34. The summed E-state index contributed by atoms with van der Waals surface area (Å²) in [6, 6.07) is 10.4. The van der Waals surface area contributed by atoms with Crippen LogP contribution in [-0.4, -0.2) is 37.2 Å². The summed E-state index contributed by atoms with van der Waals surface area (Å²) in [5.74, 6) is 0.963. The van der Waals surface area contributed by atoms with Crippen molar-refractivity contribution in [3.8, 4) is 0 Å². The van der Waals surface area contributed by atoms with Crippen molar-refractivity contribution in [1.29, 1.82) is 0 Å². The van der Waals surface area contributed by atoms with Gasteiger partial charge in [0.2, 0.25) is 0 Å². The molecule has 3 rings (SSSR count). The van der Waals surface area contributed by atoms with Gasteiger partial charge in [-0.05, 0) is 18.6 Å². The van der Waals surface area contributed by atoms with Crippen molar-refractivity contribution in [2.24, 2.45) is 5.73 Å². The molecule has 2 N–H and O–H groups in total. The van der Waals surface area contributed by atoms with Crippen molar-refractivity contribution in [1.82, 2.24) is 4.90 Å². The van der Waals surface area contributed by atoms with Gasteiger partial charge >= 0.3 is 0 Å². The maximum atomic E-state index is 6.00. The number of fused-ring (bicyclic) bond motifs is 1. The number of benzene rings is 1. The van der Waals surface area contributed by atoms with E-state index in [1.165, 1.54) is 0 Å². The Labute approximate surface area is 119 Å². The Hall–Kier alpha value is -1.36. The normalized spacial score (nSPS) is 22.2. The molecule has 0 bridgehead atoms. The zero-order chi connectivity index (χ0) is 13.9. The molecular weight excluding hydrogens is 252 g/mol. The highest BCUT2D eigenvalue weighted by Crippen LogP contribution is 2.28. The Kier molecular flexibility index (Phi) is 4.05. The number of rotatable bonds is 4. The van der Waals surface area contributed by atoms with Crippen LogP contribution in [0.5, 0.6) is 0 Å². The van der Waals surface area contributed by atoms with E-state index in [1.807, 2.05) is 18.2 Å². The largest absolute Gasteiger partial charge is 0.459 e. The summed E-state index contributed by atoms with van der Waals surface area (Å²) in [4.78, 5) is 2.38. The molecule has 0 radical (unpaired) electrons. The van der Waals surface area contributed by atoms with Gasteiger partial charge in [-0.15, -0.1) is 0 Å². The highest BCUT2D eigenvalue weighted by molar-refractivity contribution is 5.77. The topological polar surface area (TPSA) is 51.6 Å². The fraction of sp³-hybridized carbons (Fsp3) is 0.500. The molecule has 4 heteroatoms. The molecule has 1 aliphatic rings. The lowest BCUT2D eigenvalue weighted by Gasteiger charge is -2.36. The second-order valence-electron chi connectivity index (χ2n) is 5.33. The number of nitrogens with zero attached hydrogens (tertiary/aromatic N) is 1. The first kappa shape index (κ1) is 13.6. The van der Waals surface area contributed by atoms with Crippen LogP contribution in [0.2, 0.25) is 0 Å². The summed E-state index contributed by atoms with van der Waals surface area (Å²) in [5, 5.41) is 1.14. The third kappa shape index (κ3) is 2.59. The van der Waals surface area contributed by atoms with Gasteiger partial charge in [0, 0.05) is 25.0 Å². The van der Waals surface area contributed by atoms with Crippen LogP contribution in [-0.2, 0) is 4.74 Å². The number of para-hydroxylation sites is 1. The van der Waals surface area contributed by atoms with Crippen LogP contribution in [0.3, 0.4) is 0 Å². The van der Waals surface area contributed by atoms with E-state index in [0.29, 0.717) is 12.6 Å². The third-order valence-corrected chi connectivity index (χ3v) is 4.06. The molecule has 108 valence electrons. The number of nitrogens with two attached hydrogens (primary N) is 1. The average molecular weight is 274 g/mol. The monoisotopic (exact) mass is 274 g/mol. The highest BCUT2D eigenvalue weighted by Gasteiger charge is 2.27. The van der Waals surface area contributed by atoms with Gasteiger partial charge < -0.3 is 14.9 Å². The molecule has 1 aromatic heterocycles. The van der Waals surface area contributed by atoms with E-state index < -0.39 is 0 Å². The van der Waals surface area contributed by atoms with Crippen molar-refractivity contribution in [3.05, 3.63) is 36.1 Å². The molecule has 1 aromatic carbocycles. The summed E-state index contributed by atoms with van der Waals surface area (Å²) >= 11 is 0. The fourth-order valence-electron chi connectivity index (χ4n) is 2.88. The van der Waals surface area contributed by atoms with E-state index >= 15 is 0 Å². The SMILES string of the molecule is CCC1CN(C(CN)c2cc3ccccc3o2)CCO1. The van der Waals surface area contributed by atoms with E-state index in [2.05, 4.69) is 24.0 Å². The second-order valence-corrected chi connectivity index (χ2v) is 5.33. The van der Waals surface area contributed by atoms with Crippen LogP contribution in [0.15, 0.2) is 34.7 Å². The van der Waals surface area contributed by atoms with E-state index in [4.69, 9.17) is 14.9 Å². The molecule has 0 aliphatic carbocycles. The third-order valence-electron chi connectivity index (χ3n) is 4.06. The van der Waals surface area contributed by atoms with Crippen LogP contribution in [0.25, 0.3) is 11.0 Å². The number of morpholine rings is 1. The van der Waals surface area contributed by atoms with Gasteiger partial charge in [0.1, 0.15) is 11.3 Å². The molecule has 0 amide bonds. The molecule has 1 fully saturated rings. The molecule has 4 nitrogen and oxygen atoms in total. The van der Waals surface area contributed by atoms with E-state index in [9.17, 15) is 0 Å². The minimum absolute atomic E-state index is 0.139. The lowest BCUT2D eigenvalue weighted by atomic mass is 10.1. The van der Waals surface area contributed by atoms with Crippen molar-refractivity contribution in [3.63, 3.8) is 0 Å². The molecule has 1 saturated heterocycles. The van der Waals surface area contributed by atoms with Gasteiger partial charge in [-0.1, -0.05) is 25.1 Å². The van der Waals surface area contributed by atoms with Gasteiger partial charge in [-0.2, -0.15) is 0 Å². The maximum absolute atomic E-state index is 6.00. The molecule has 2 aromatic rings. The van der Waals surface area contributed by atoms with E-state index in [0.717, 1.165) is 42.8 Å². The van der Waals surface area contributed by atoms with Gasteiger partial charge in [-0.3, -0.25) is 4.90 Å². The zero-order valence-corrected chi connectivity index (χ0v) is 11.9. The summed E-state index contributed by atoms with van der Waals surface area (Å²) in [6.45, 7) is 5.34. The minimum atomic E-state index is 0.139. The second kappa shape index (κ2) is 5.95. The van der Waals surface area contributed by atoms with Crippen LogP contribution in [0.4, 0.5) is 0 Å². The van der Waals surface area contributed by atoms with Crippen LogP contribution >= 0.6 is 0 Å². The number of furan rings is 1. The van der Waals surface area contributed by atoms with Gasteiger partial charge in [0.25, 0.3) is 0 Å². The quantitative estimate of drug-likeness (QED) is 0.931. The van der Waals surface area contributed by atoms with Crippen molar-refractivity contribution >= 4 is 11.0 Å². The Bertz CT molecular complexity index is 533. The van der Waals surface area contributed by atoms with Crippen molar-refractivity contribution in [2.75, 3.05) is 26.2 Å². The smallest absolute Gasteiger partial charge is 0.134 e. The summed E-state index contributed by atoms with van der Waals surface area (Å²) in [5.41, 5.74) is 6.93. The molecule has 2 heterocycles. The predicted octanol–water partition coefficient (Wildman–Crippen LogP) is 2.54. The Morgan fingerprint density at radius 3 is 3.00 bits per heavy atom. The number of hydrogen-bond acceptors (Lipinski definition) is 4. The molecule has 0 saturated carbocycles. The summed E-state index contributed by atoms with van der Waals surface area (Å²) < 4.78 is 11.7. The molecule has 2 atom stereocenters. The lowest BCUT2D eigenvalue weighted by molar-refractivity contribution is -0.0461. The van der Waals surface area contributed by atoms with E-state index in [1.54, 1.807) is 0 Å². The summed E-state index contributed by atoms with van der Waals surface area (Å²) in [7, 11) is 0. The first-order chi connectivity index (χ1) is 9.81. The number of ether oxygens (including phenoxy) is 1. The molecule has 0 spiro atoms. The van der Waals surface area contributed by atoms with E-state index in [-0.39, 0.29) is 6.04 Å². The van der Waals surface area contributed by atoms with Crippen LogP contribution in [0.1, 0.15) is 25.1 Å². The predicted molar refractivity (Wildman–Crippen MR) is 79.6 cm³/mol. The van der Waals surface area contributed by atoms with Crippen molar-refractivity contribution < 1.29 is 9.15 Å². The standard InChI is InChI=1S/C16H22N2O2/c1-2-13-11-18(7-8-19-13)14(10-17)16-9-12-5-3-4-6-15(12)20-16/h3-6,9,13-14H,2,7-8,10-11,17H2,1H3. The fourth-order valence-corrected chi connectivity index (χ4v) is 2.88. The zero-order valence-electron chi connectivity index (χ0n) is 11.9. The first-order valence-electron chi connectivity index (χ1n) is 7.36. The Morgan fingerprint density at radius 1 is 1.40 bits per heavy atom. The van der Waals surface area contributed by atoms with Crippen LogP contribution in [0, 0.1) is 0 Å². The van der Waals surface area contributed by atoms with Crippen LogP contribution < -0.4 is 5.73 Å². The lowest BCUT2D eigenvalue weighted by Crippen LogP contribution is -2.45. The van der Waals surface area contributed by atoms with Gasteiger partial charge in [0.15, 0.2) is 0 Å². The molecule has 1 aliphatic heterocycles. The average Bonchev–Trinajstić information content (AvgIpc) is 2.91. The first-order valence-corrected chi connectivity index (χ1v) is 7.36. The van der Waals surface area contributed by atoms with Gasteiger partial charge in [0.05, 0.1) is 18.8 Å². The maximum Gasteiger partial charge on any atom is 0.134 e. The van der Waals surface area contributed by atoms with Gasteiger partial charge in [-0.25, -0.2) is 0 Å². The minimum Gasteiger partial charge on any atom is -0.459 e. The molecular formula is C16H22N2O2. The highest BCUT2D eigenvalue weighted by atomic mass is 16.5.